The summed E-state index contributed by atoms with van der Waals surface area (Å²) in [6.45, 7) is 4.55. The third kappa shape index (κ3) is 4.74. The Morgan fingerprint density at radius 3 is 2.43 bits per heavy atom. The quantitative estimate of drug-likeness (QED) is 0.891. The Kier molecular flexibility index (Phi) is 5.63. The van der Waals surface area contributed by atoms with Crippen LogP contribution in [0.15, 0.2) is 42.5 Å². The Bertz CT molecular complexity index is 664. The minimum absolute atomic E-state index is 0.0279. The SMILES string of the molecule is Cc1cccc(OCC(=O)NCc2ccc(N(C)C)cc2)c1C. The molecule has 2 rings (SSSR count). The van der Waals surface area contributed by atoms with Gasteiger partial charge >= 0.3 is 0 Å². The molecule has 0 saturated carbocycles. The van der Waals surface area contributed by atoms with Crippen molar-refractivity contribution >= 4 is 11.6 Å². The Morgan fingerprint density at radius 2 is 1.78 bits per heavy atom. The maximum absolute atomic E-state index is 11.9. The Balaban J connectivity index is 1.82. The zero-order chi connectivity index (χ0) is 16.8. The molecular weight excluding hydrogens is 288 g/mol. The topological polar surface area (TPSA) is 41.6 Å². The van der Waals surface area contributed by atoms with Crippen LogP contribution in [0.25, 0.3) is 0 Å². The fraction of sp³-hybridized carbons (Fsp3) is 0.316. The maximum Gasteiger partial charge on any atom is 0.258 e. The number of aryl methyl sites for hydroxylation is 1. The lowest BCUT2D eigenvalue weighted by atomic mass is 10.1. The molecule has 0 unspecified atom stereocenters. The van der Waals surface area contributed by atoms with E-state index in [4.69, 9.17) is 4.74 Å². The van der Waals surface area contributed by atoms with Gasteiger partial charge in [0.2, 0.25) is 0 Å². The van der Waals surface area contributed by atoms with Gasteiger partial charge in [0, 0.05) is 26.3 Å². The van der Waals surface area contributed by atoms with E-state index in [0.717, 1.165) is 28.1 Å². The van der Waals surface area contributed by atoms with Crippen molar-refractivity contribution in [2.45, 2.75) is 20.4 Å². The number of nitrogens with zero attached hydrogens (tertiary/aromatic N) is 1. The first-order chi connectivity index (χ1) is 11.0. The Hall–Kier alpha value is -2.49. The second-order valence-electron chi connectivity index (χ2n) is 5.82. The molecule has 2 aromatic rings. The normalized spacial score (nSPS) is 10.3. The molecule has 0 atom stereocenters. The number of hydrogen-bond donors (Lipinski definition) is 1. The van der Waals surface area contributed by atoms with Crippen LogP contribution in [0.1, 0.15) is 16.7 Å². The summed E-state index contributed by atoms with van der Waals surface area (Å²) in [5, 5.41) is 2.87. The highest BCUT2D eigenvalue weighted by molar-refractivity contribution is 5.77. The van der Waals surface area contributed by atoms with Gasteiger partial charge in [-0.15, -0.1) is 0 Å². The van der Waals surface area contributed by atoms with Crippen LogP contribution >= 0.6 is 0 Å². The summed E-state index contributed by atoms with van der Waals surface area (Å²) in [7, 11) is 4.00. The molecule has 0 aliphatic heterocycles. The van der Waals surface area contributed by atoms with Gasteiger partial charge in [0.15, 0.2) is 6.61 Å². The van der Waals surface area contributed by atoms with Crippen LogP contribution in [0.4, 0.5) is 5.69 Å². The van der Waals surface area contributed by atoms with Crippen molar-refractivity contribution in [1.29, 1.82) is 0 Å². The second kappa shape index (κ2) is 7.68. The average Bonchev–Trinajstić information content (AvgIpc) is 2.54. The third-order valence-corrected chi connectivity index (χ3v) is 3.86. The lowest BCUT2D eigenvalue weighted by Gasteiger charge is -2.13. The predicted molar refractivity (Wildman–Crippen MR) is 94.0 cm³/mol. The number of carbonyl (C=O) groups is 1. The molecule has 2 aromatic carbocycles. The number of anilines is 1. The van der Waals surface area contributed by atoms with E-state index in [2.05, 4.69) is 5.32 Å². The second-order valence-corrected chi connectivity index (χ2v) is 5.82. The smallest absolute Gasteiger partial charge is 0.258 e. The number of hydrogen-bond acceptors (Lipinski definition) is 3. The van der Waals surface area contributed by atoms with Crippen molar-refractivity contribution in [1.82, 2.24) is 5.32 Å². The molecular formula is C19H24N2O2. The molecule has 0 aliphatic carbocycles. The van der Waals surface area contributed by atoms with Crippen LogP contribution in [0.5, 0.6) is 5.75 Å². The minimum atomic E-state index is -0.123. The number of amides is 1. The third-order valence-electron chi connectivity index (χ3n) is 3.86. The first-order valence-electron chi connectivity index (χ1n) is 7.69. The Labute approximate surface area is 138 Å². The van der Waals surface area contributed by atoms with E-state index in [0.29, 0.717) is 6.54 Å². The lowest BCUT2D eigenvalue weighted by Crippen LogP contribution is -2.28. The first-order valence-corrected chi connectivity index (χ1v) is 7.69. The molecule has 0 aromatic heterocycles. The van der Waals surface area contributed by atoms with Crippen LogP contribution in [0.3, 0.4) is 0 Å². The summed E-state index contributed by atoms with van der Waals surface area (Å²) >= 11 is 0. The number of nitrogens with one attached hydrogen (secondary N) is 1. The zero-order valence-electron chi connectivity index (χ0n) is 14.2. The van der Waals surface area contributed by atoms with Crippen LogP contribution < -0.4 is 15.0 Å². The fourth-order valence-corrected chi connectivity index (χ4v) is 2.19. The van der Waals surface area contributed by atoms with Gasteiger partial charge in [0.25, 0.3) is 5.91 Å². The monoisotopic (exact) mass is 312 g/mol. The van der Waals surface area contributed by atoms with E-state index in [1.54, 1.807) is 0 Å². The molecule has 0 spiro atoms. The summed E-state index contributed by atoms with van der Waals surface area (Å²) in [6, 6.07) is 13.9. The molecule has 1 amide bonds. The molecule has 23 heavy (non-hydrogen) atoms. The molecule has 122 valence electrons. The van der Waals surface area contributed by atoms with Gasteiger partial charge < -0.3 is 15.0 Å². The standard InChI is InChI=1S/C19H24N2O2/c1-14-6-5-7-18(15(14)2)23-13-19(22)20-12-16-8-10-17(11-9-16)21(3)4/h5-11H,12-13H2,1-4H3,(H,20,22). The van der Waals surface area contributed by atoms with Crippen molar-refractivity contribution in [3.8, 4) is 5.75 Å². The van der Waals surface area contributed by atoms with Crippen molar-refractivity contribution in [3.05, 3.63) is 59.2 Å². The highest BCUT2D eigenvalue weighted by Crippen LogP contribution is 2.20. The van der Waals surface area contributed by atoms with Gasteiger partial charge in [-0.2, -0.15) is 0 Å². The lowest BCUT2D eigenvalue weighted by molar-refractivity contribution is -0.123. The van der Waals surface area contributed by atoms with Crippen molar-refractivity contribution in [2.24, 2.45) is 0 Å². The molecule has 0 bridgehead atoms. The van der Waals surface area contributed by atoms with E-state index in [1.807, 2.05) is 75.3 Å². The van der Waals surface area contributed by atoms with Crippen molar-refractivity contribution in [3.63, 3.8) is 0 Å². The highest BCUT2D eigenvalue weighted by atomic mass is 16.5. The average molecular weight is 312 g/mol. The largest absolute Gasteiger partial charge is 0.483 e. The van der Waals surface area contributed by atoms with Gasteiger partial charge in [-0.05, 0) is 48.7 Å². The van der Waals surface area contributed by atoms with E-state index in [1.165, 1.54) is 0 Å². The number of benzene rings is 2. The van der Waals surface area contributed by atoms with Crippen molar-refractivity contribution in [2.75, 3.05) is 25.6 Å². The van der Waals surface area contributed by atoms with Crippen LogP contribution in [-0.2, 0) is 11.3 Å². The van der Waals surface area contributed by atoms with Gasteiger partial charge in [-0.25, -0.2) is 0 Å². The van der Waals surface area contributed by atoms with E-state index < -0.39 is 0 Å². The zero-order valence-corrected chi connectivity index (χ0v) is 14.2. The van der Waals surface area contributed by atoms with Crippen LogP contribution in [0, 0.1) is 13.8 Å². The van der Waals surface area contributed by atoms with Crippen LogP contribution in [0.2, 0.25) is 0 Å². The Morgan fingerprint density at radius 1 is 1.09 bits per heavy atom. The summed E-state index contributed by atoms with van der Waals surface area (Å²) in [5.41, 5.74) is 4.43. The molecule has 1 N–H and O–H groups in total. The minimum Gasteiger partial charge on any atom is -0.483 e. The number of ether oxygens (including phenoxy) is 1. The van der Waals surface area contributed by atoms with Gasteiger partial charge in [-0.3, -0.25) is 4.79 Å². The van der Waals surface area contributed by atoms with Crippen LogP contribution in [-0.4, -0.2) is 26.6 Å². The predicted octanol–water partition coefficient (Wildman–Crippen LogP) is 3.06. The molecule has 0 radical (unpaired) electrons. The van der Waals surface area contributed by atoms with E-state index >= 15 is 0 Å². The first kappa shape index (κ1) is 16.9. The van der Waals surface area contributed by atoms with Gasteiger partial charge in [0.05, 0.1) is 0 Å². The maximum atomic E-state index is 11.9. The van der Waals surface area contributed by atoms with Crippen molar-refractivity contribution < 1.29 is 9.53 Å². The van der Waals surface area contributed by atoms with E-state index in [9.17, 15) is 4.79 Å². The fourth-order valence-electron chi connectivity index (χ4n) is 2.19. The summed E-state index contributed by atoms with van der Waals surface area (Å²) in [5.74, 6) is 0.637. The molecule has 0 aliphatic rings. The molecule has 0 fully saturated rings. The highest BCUT2D eigenvalue weighted by Gasteiger charge is 2.06. The molecule has 4 heteroatoms. The number of rotatable bonds is 6. The summed E-state index contributed by atoms with van der Waals surface area (Å²) in [4.78, 5) is 14.0. The van der Waals surface area contributed by atoms with Gasteiger partial charge in [0.1, 0.15) is 5.75 Å². The molecule has 4 nitrogen and oxygen atoms in total. The number of carbonyl (C=O) groups excluding carboxylic acids is 1. The summed E-state index contributed by atoms with van der Waals surface area (Å²) in [6.07, 6.45) is 0. The molecule has 0 heterocycles. The van der Waals surface area contributed by atoms with Gasteiger partial charge in [-0.1, -0.05) is 24.3 Å². The molecule has 0 saturated heterocycles. The van der Waals surface area contributed by atoms with E-state index in [-0.39, 0.29) is 12.5 Å². The summed E-state index contributed by atoms with van der Waals surface area (Å²) < 4.78 is 5.60.